The van der Waals surface area contributed by atoms with Crippen molar-refractivity contribution >= 4 is 28.5 Å². The number of aromatic nitrogens is 1. The number of aliphatic carboxylic acids is 1. The van der Waals surface area contributed by atoms with Gasteiger partial charge < -0.3 is 10.4 Å². The summed E-state index contributed by atoms with van der Waals surface area (Å²) in [7, 11) is 0. The first-order valence-corrected chi connectivity index (χ1v) is 10.1. The summed E-state index contributed by atoms with van der Waals surface area (Å²) in [4.78, 5) is 28.1. The third-order valence-electron chi connectivity index (χ3n) is 6.22. The molecule has 4 aliphatic carbocycles. The second kappa shape index (κ2) is 6.27. The predicted octanol–water partition coefficient (Wildman–Crippen LogP) is 3.81. The van der Waals surface area contributed by atoms with Crippen LogP contribution in [0.5, 0.6) is 0 Å². The summed E-state index contributed by atoms with van der Waals surface area (Å²) in [6.45, 7) is 1.82. The predicted molar refractivity (Wildman–Crippen MR) is 95.8 cm³/mol. The van der Waals surface area contributed by atoms with Crippen molar-refractivity contribution in [3.8, 4) is 0 Å². The fraction of sp³-hybridized carbons (Fsp3) is 0.722. The number of thiazole rings is 1. The molecule has 7 heteroatoms. The number of urea groups is 1. The summed E-state index contributed by atoms with van der Waals surface area (Å²) in [5.74, 6) is 0.840. The molecule has 4 aliphatic rings. The number of rotatable bonds is 5. The molecular weight excluding hydrogens is 338 g/mol. The first kappa shape index (κ1) is 16.8. The fourth-order valence-corrected chi connectivity index (χ4v) is 6.41. The van der Waals surface area contributed by atoms with Crippen molar-refractivity contribution < 1.29 is 14.7 Å². The molecule has 1 aromatic rings. The molecule has 4 saturated carbocycles. The number of carboxylic acids is 1. The van der Waals surface area contributed by atoms with Crippen molar-refractivity contribution in [2.24, 2.45) is 17.8 Å². The zero-order chi connectivity index (χ0) is 17.6. The van der Waals surface area contributed by atoms with Crippen LogP contribution in [0.3, 0.4) is 0 Å². The van der Waals surface area contributed by atoms with E-state index >= 15 is 0 Å². The molecule has 0 aromatic carbocycles. The number of carbonyl (C=O) groups excluding carboxylic acids is 1. The average Bonchev–Trinajstić information content (AvgIpc) is 2.93. The first-order valence-electron chi connectivity index (χ1n) is 9.24. The molecule has 4 fully saturated rings. The van der Waals surface area contributed by atoms with Crippen LogP contribution in [0, 0.1) is 17.8 Å². The molecule has 0 spiro atoms. The van der Waals surface area contributed by atoms with Crippen LogP contribution < -0.4 is 10.6 Å². The van der Waals surface area contributed by atoms with Gasteiger partial charge in [-0.1, -0.05) is 6.92 Å². The minimum absolute atomic E-state index is 0.0358. The largest absolute Gasteiger partial charge is 0.481 e. The highest BCUT2D eigenvalue weighted by Gasteiger charge is 2.51. The number of nitrogens with zero attached hydrogens (tertiary/aromatic N) is 1. The lowest BCUT2D eigenvalue weighted by molar-refractivity contribution is -0.138. The topological polar surface area (TPSA) is 91.3 Å². The van der Waals surface area contributed by atoms with Gasteiger partial charge in [-0.25, -0.2) is 9.78 Å². The smallest absolute Gasteiger partial charge is 0.321 e. The molecule has 1 unspecified atom stereocenters. The highest BCUT2D eigenvalue weighted by molar-refractivity contribution is 7.13. The maximum Gasteiger partial charge on any atom is 0.321 e. The number of nitrogens with one attached hydrogen (secondary N) is 2. The number of carboxylic acid groups (broad SMARTS) is 1. The number of carbonyl (C=O) groups is 2. The van der Waals surface area contributed by atoms with E-state index in [2.05, 4.69) is 15.6 Å². The van der Waals surface area contributed by atoms with Crippen LogP contribution in [0.25, 0.3) is 0 Å². The molecule has 1 atom stereocenters. The summed E-state index contributed by atoms with van der Waals surface area (Å²) < 4.78 is 0. The number of hydrogen-bond donors (Lipinski definition) is 3. The van der Waals surface area contributed by atoms with E-state index in [-0.39, 0.29) is 11.6 Å². The minimum Gasteiger partial charge on any atom is -0.481 e. The van der Waals surface area contributed by atoms with Crippen molar-refractivity contribution in [2.45, 2.75) is 63.3 Å². The summed E-state index contributed by atoms with van der Waals surface area (Å²) >= 11 is 1.28. The lowest BCUT2D eigenvalue weighted by atomic mass is 9.53. The summed E-state index contributed by atoms with van der Waals surface area (Å²) in [6, 6.07) is -0.203. The van der Waals surface area contributed by atoms with Gasteiger partial charge in [-0.15, -0.1) is 11.3 Å². The molecule has 0 aliphatic heterocycles. The zero-order valence-corrected chi connectivity index (χ0v) is 15.3. The molecule has 1 aromatic heterocycles. The van der Waals surface area contributed by atoms with Crippen molar-refractivity contribution in [1.29, 1.82) is 0 Å². The van der Waals surface area contributed by atoms with Crippen LogP contribution in [0.15, 0.2) is 5.38 Å². The molecular formula is C18H25N3O3S. The van der Waals surface area contributed by atoms with E-state index in [0.29, 0.717) is 17.2 Å². The molecule has 4 bridgehead atoms. The normalized spacial score (nSPS) is 33.9. The van der Waals surface area contributed by atoms with Crippen molar-refractivity contribution in [3.05, 3.63) is 11.1 Å². The SMILES string of the molecule is CCC(C(=O)O)c1csc(NC(=O)NC23CC4CC(CC(C4)C2)C3)n1. The van der Waals surface area contributed by atoms with E-state index in [1.54, 1.807) is 5.38 Å². The molecule has 3 N–H and O–H groups in total. The van der Waals surface area contributed by atoms with E-state index in [4.69, 9.17) is 0 Å². The lowest BCUT2D eigenvalue weighted by Crippen LogP contribution is -2.60. The zero-order valence-electron chi connectivity index (χ0n) is 14.5. The fourth-order valence-electron chi connectivity index (χ4n) is 5.65. The van der Waals surface area contributed by atoms with E-state index in [9.17, 15) is 14.7 Å². The molecule has 136 valence electrons. The van der Waals surface area contributed by atoms with Crippen LogP contribution in [0.4, 0.5) is 9.93 Å². The van der Waals surface area contributed by atoms with Gasteiger partial charge in [0, 0.05) is 10.9 Å². The monoisotopic (exact) mass is 363 g/mol. The van der Waals surface area contributed by atoms with Gasteiger partial charge in [0.05, 0.1) is 11.6 Å². The van der Waals surface area contributed by atoms with Crippen LogP contribution in [0.1, 0.15) is 63.5 Å². The third-order valence-corrected chi connectivity index (χ3v) is 7.00. The van der Waals surface area contributed by atoms with Crippen molar-refractivity contribution in [1.82, 2.24) is 10.3 Å². The number of amides is 2. The van der Waals surface area contributed by atoms with Gasteiger partial charge in [0.2, 0.25) is 0 Å². The van der Waals surface area contributed by atoms with Gasteiger partial charge in [0.15, 0.2) is 5.13 Å². The Bertz CT molecular complexity index is 652. The highest BCUT2D eigenvalue weighted by Crippen LogP contribution is 2.55. The van der Waals surface area contributed by atoms with Crippen LogP contribution in [0.2, 0.25) is 0 Å². The van der Waals surface area contributed by atoms with E-state index in [1.807, 2.05) is 6.92 Å². The Morgan fingerprint density at radius 1 is 1.28 bits per heavy atom. The molecule has 5 rings (SSSR count). The van der Waals surface area contributed by atoms with Crippen LogP contribution >= 0.6 is 11.3 Å². The maximum atomic E-state index is 12.5. The second-order valence-corrected chi connectivity index (χ2v) is 9.01. The van der Waals surface area contributed by atoms with Gasteiger partial charge >= 0.3 is 12.0 Å². The Morgan fingerprint density at radius 2 is 1.88 bits per heavy atom. The lowest BCUT2D eigenvalue weighted by Gasteiger charge is -2.56. The highest BCUT2D eigenvalue weighted by atomic mass is 32.1. The Balaban J connectivity index is 1.40. The number of hydrogen-bond acceptors (Lipinski definition) is 4. The van der Waals surface area contributed by atoms with Crippen molar-refractivity contribution in [2.75, 3.05) is 5.32 Å². The van der Waals surface area contributed by atoms with Crippen LogP contribution in [-0.2, 0) is 4.79 Å². The summed E-state index contributed by atoms with van der Waals surface area (Å²) in [5, 5.41) is 17.5. The van der Waals surface area contributed by atoms with E-state index in [0.717, 1.165) is 37.0 Å². The van der Waals surface area contributed by atoms with Gasteiger partial charge in [-0.2, -0.15) is 0 Å². The third kappa shape index (κ3) is 3.26. The summed E-state index contributed by atoms with van der Waals surface area (Å²) in [6.07, 6.45) is 7.81. The maximum absolute atomic E-state index is 12.5. The second-order valence-electron chi connectivity index (χ2n) is 8.15. The molecule has 6 nitrogen and oxygen atoms in total. The number of anilines is 1. The molecule has 2 amide bonds. The van der Waals surface area contributed by atoms with Gasteiger partial charge in [-0.3, -0.25) is 10.1 Å². The summed E-state index contributed by atoms with van der Waals surface area (Å²) in [5.41, 5.74) is 0.483. The van der Waals surface area contributed by atoms with Gasteiger partial charge in [0.25, 0.3) is 0 Å². The minimum atomic E-state index is -0.877. The Hall–Kier alpha value is -1.63. The Labute approximate surface area is 151 Å². The molecule has 0 saturated heterocycles. The van der Waals surface area contributed by atoms with Gasteiger partial charge in [0.1, 0.15) is 0 Å². The first-order chi connectivity index (χ1) is 12.0. The quantitative estimate of drug-likeness (QED) is 0.742. The molecule has 25 heavy (non-hydrogen) atoms. The van der Waals surface area contributed by atoms with Gasteiger partial charge in [-0.05, 0) is 62.7 Å². The van der Waals surface area contributed by atoms with E-state index in [1.165, 1.54) is 30.6 Å². The average molecular weight is 363 g/mol. The van der Waals surface area contributed by atoms with Crippen LogP contribution in [-0.4, -0.2) is 27.6 Å². The Kier molecular flexibility index (Phi) is 4.22. The Morgan fingerprint density at radius 3 is 2.40 bits per heavy atom. The van der Waals surface area contributed by atoms with Crippen molar-refractivity contribution in [3.63, 3.8) is 0 Å². The van der Waals surface area contributed by atoms with E-state index < -0.39 is 11.9 Å². The molecule has 0 radical (unpaired) electrons. The molecule has 1 heterocycles. The standard InChI is InChI=1S/C18H25N3O3S/c1-2-13(15(22)23)14-9-25-17(19-14)20-16(24)21-18-6-10-3-11(7-18)5-12(4-10)8-18/h9-13H,2-8H2,1H3,(H,22,23)(H2,19,20,21,24).